The van der Waals surface area contributed by atoms with Gasteiger partial charge in [-0.3, -0.25) is 4.79 Å². The summed E-state index contributed by atoms with van der Waals surface area (Å²) in [5.41, 5.74) is 1.88. The summed E-state index contributed by atoms with van der Waals surface area (Å²) in [6.45, 7) is 3.53. The Balaban J connectivity index is 2.17. The van der Waals surface area contributed by atoms with Crippen LogP contribution in [0.1, 0.15) is 49.8 Å². The van der Waals surface area contributed by atoms with Gasteiger partial charge in [0.1, 0.15) is 6.10 Å². The molecule has 1 aliphatic rings. The molecule has 0 N–H and O–H groups in total. The Morgan fingerprint density at radius 3 is 2.61 bits per heavy atom. The molecule has 0 bridgehead atoms. The van der Waals surface area contributed by atoms with E-state index in [0.29, 0.717) is 5.02 Å². The van der Waals surface area contributed by atoms with Gasteiger partial charge in [0.25, 0.3) is 0 Å². The number of carbonyl (C=O) groups is 1. The maximum Gasteiger partial charge on any atom is 0.163 e. The van der Waals surface area contributed by atoms with Gasteiger partial charge in [0.15, 0.2) is 5.78 Å². The highest BCUT2D eigenvalue weighted by molar-refractivity contribution is 6.31. The lowest BCUT2D eigenvalue weighted by atomic mass is 10.0. The van der Waals surface area contributed by atoms with E-state index < -0.39 is 6.10 Å². The molecule has 2 rings (SSSR count). The minimum atomic E-state index is -0.466. The molecule has 0 spiro atoms. The first-order chi connectivity index (χ1) is 8.58. The van der Waals surface area contributed by atoms with Crippen LogP contribution in [-0.2, 0) is 9.53 Å². The number of Topliss-reactive ketones (excluding diaryl/α,β-unsaturated/α-hetero) is 1. The largest absolute Gasteiger partial charge is 0.362 e. The van der Waals surface area contributed by atoms with Gasteiger partial charge in [-0.1, -0.05) is 36.6 Å². The van der Waals surface area contributed by atoms with E-state index in [-0.39, 0.29) is 11.9 Å². The number of hydrogen-bond acceptors (Lipinski definition) is 2. The third-order valence-corrected chi connectivity index (χ3v) is 3.91. The molecular weight excluding hydrogens is 248 g/mol. The van der Waals surface area contributed by atoms with Gasteiger partial charge in [-0.2, -0.15) is 0 Å². The number of rotatable bonds is 4. The fourth-order valence-corrected chi connectivity index (χ4v) is 2.59. The number of aryl methyl sites for hydroxylation is 1. The average molecular weight is 267 g/mol. The summed E-state index contributed by atoms with van der Waals surface area (Å²) < 4.78 is 5.95. The summed E-state index contributed by atoms with van der Waals surface area (Å²) in [6.07, 6.45) is 4.27. The molecule has 1 fully saturated rings. The van der Waals surface area contributed by atoms with Gasteiger partial charge in [-0.05, 0) is 43.9 Å². The van der Waals surface area contributed by atoms with Crippen molar-refractivity contribution in [3.63, 3.8) is 0 Å². The Morgan fingerprint density at radius 1 is 1.39 bits per heavy atom. The van der Waals surface area contributed by atoms with Crippen molar-refractivity contribution in [3.8, 4) is 0 Å². The lowest BCUT2D eigenvalue weighted by molar-refractivity contribution is -0.132. The van der Waals surface area contributed by atoms with Crippen LogP contribution in [0, 0.1) is 6.92 Å². The maximum absolute atomic E-state index is 11.8. The van der Waals surface area contributed by atoms with E-state index >= 15 is 0 Å². The highest BCUT2D eigenvalue weighted by Crippen LogP contribution is 2.30. The molecule has 1 unspecified atom stereocenters. The minimum Gasteiger partial charge on any atom is -0.362 e. The number of ether oxygens (including phenoxy) is 1. The molecule has 0 amide bonds. The molecule has 98 valence electrons. The predicted octanol–water partition coefficient (Wildman–Crippen LogP) is 4.24. The molecule has 18 heavy (non-hydrogen) atoms. The smallest absolute Gasteiger partial charge is 0.163 e. The topological polar surface area (TPSA) is 26.3 Å². The van der Waals surface area contributed by atoms with E-state index in [1.165, 1.54) is 12.8 Å². The molecule has 0 saturated heterocycles. The number of carbonyl (C=O) groups excluding carboxylic acids is 1. The van der Waals surface area contributed by atoms with Gasteiger partial charge in [0.2, 0.25) is 0 Å². The first kappa shape index (κ1) is 13.6. The minimum absolute atomic E-state index is 0.0434. The van der Waals surface area contributed by atoms with Crippen LogP contribution in [0.4, 0.5) is 0 Å². The summed E-state index contributed by atoms with van der Waals surface area (Å²) in [6, 6.07) is 5.71. The Hall–Kier alpha value is -0.860. The van der Waals surface area contributed by atoms with E-state index in [1.54, 1.807) is 6.92 Å². The van der Waals surface area contributed by atoms with E-state index in [0.717, 1.165) is 24.0 Å². The molecule has 1 aromatic carbocycles. The van der Waals surface area contributed by atoms with Crippen molar-refractivity contribution in [2.45, 2.75) is 51.7 Å². The van der Waals surface area contributed by atoms with Gasteiger partial charge < -0.3 is 4.74 Å². The third kappa shape index (κ3) is 3.12. The third-order valence-electron chi connectivity index (χ3n) is 3.50. The van der Waals surface area contributed by atoms with Crippen molar-refractivity contribution in [1.29, 1.82) is 0 Å². The van der Waals surface area contributed by atoms with Crippen molar-refractivity contribution >= 4 is 17.4 Å². The van der Waals surface area contributed by atoms with Crippen LogP contribution in [0.3, 0.4) is 0 Å². The summed E-state index contributed by atoms with van der Waals surface area (Å²) in [5.74, 6) is 0.0434. The van der Waals surface area contributed by atoms with Gasteiger partial charge in [-0.15, -0.1) is 0 Å². The Kier molecular flexibility index (Phi) is 4.41. The normalized spacial score (nSPS) is 17.9. The number of ketones is 1. The lowest BCUT2D eigenvalue weighted by Gasteiger charge is -2.20. The summed E-state index contributed by atoms with van der Waals surface area (Å²) >= 11 is 6.11. The SMILES string of the molecule is CC(=O)C(OC1CCCC1)c1ccc(C)c(Cl)c1. The van der Waals surface area contributed by atoms with Crippen LogP contribution >= 0.6 is 11.6 Å². The van der Waals surface area contributed by atoms with E-state index in [2.05, 4.69) is 0 Å². The monoisotopic (exact) mass is 266 g/mol. The standard InChI is InChI=1S/C15H19ClO2/c1-10-7-8-12(9-14(10)16)15(11(2)17)18-13-5-3-4-6-13/h7-9,13,15H,3-6H2,1-2H3. The summed E-state index contributed by atoms with van der Waals surface area (Å²) in [5, 5.41) is 0.689. The zero-order valence-electron chi connectivity index (χ0n) is 10.9. The van der Waals surface area contributed by atoms with Crippen LogP contribution < -0.4 is 0 Å². The van der Waals surface area contributed by atoms with Crippen LogP contribution in [0.15, 0.2) is 18.2 Å². The second-order valence-electron chi connectivity index (χ2n) is 5.04. The summed E-state index contributed by atoms with van der Waals surface area (Å²) in [7, 11) is 0. The molecule has 0 heterocycles. The predicted molar refractivity (Wildman–Crippen MR) is 73.0 cm³/mol. The zero-order valence-corrected chi connectivity index (χ0v) is 11.7. The molecule has 0 aliphatic heterocycles. The van der Waals surface area contributed by atoms with E-state index in [4.69, 9.17) is 16.3 Å². The van der Waals surface area contributed by atoms with Crippen LogP contribution in [0.5, 0.6) is 0 Å². The molecule has 1 aromatic rings. The molecule has 0 aromatic heterocycles. The quantitative estimate of drug-likeness (QED) is 0.815. The Labute approximate surface area is 113 Å². The highest BCUT2D eigenvalue weighted by atomic mass is 35.5. The molecular formula is C15H19ClO2. The molecule has 1 saturated carbocycles. The number of hydrogen-bond donors (Lipinski definition) is 0. The van der Waals surface area contributed by atoms with Crippen LogP contribution in [0.25, 0.3) is 0 Å². The Bertz CT molecular complexity index is 436. The van der Waals surface area contributed by atoms with Crippen molar-refractivity contribution in [1.82, 2.24) is 0 Å². The highest BCUT2D eigenvalue weighted by Gasteiger charge is 2.24. The van der Waals surface area contributed by atoms with E-state index in [9.17, 15) is 4.79 Å². The first-order valence-corrected chi connectivity index (χ1v) is 6.87. The average Bonchev–Trinajstić information content (AvgIpc) is 2.82. The van der Waals surface area contributed by atoms with Crippen molar-refractivity contribution < 1.29 is 9.53 Å². The first-order valence-electron chi connectivity index (χ1n) is 6.50. The van der Waals surface area contributed by atoms with Gasteiger partial charge in [-0.25, -0.2) is 0 Å². The lowest BCUT2D eigenvalue weighted by Crippen LogP contribution is -2.19. The van der Waals surface area contributed by atoms with Gasteiger partial charge in [0, 0.05) is 5.02 Å². The maximum atomic E-state index is 11.8. The van der Waals surface area contributed by atoms with Crippen molar-refractivity contribution in [3.05, 3.63) is 34.3 Å². The molecule has 3 heteroatoms. The molecule has 2 nitrogen and oxygen atoms in total. The summed E-state index contributed by atoms with van der Waals surface area (Å²) in [4.78, 5) is 11.8. The number of halogens is 1. The van der Waals surface area contributed by atoms with Crippen molar-refractivity contribution in [2.75, 3.05) is 0 Å². The Morgan fingerprint density at radius 2 is 2.06 bits per heavy atom. The molecule has 1 aliphatic carbocycles. The van der Waals surface area contributed by atoms with Crippen LogP contribution in [0.2, 0.25) is 5.02 Å². The second-order valence-corrected chi connectivity index (χ2v) is 5.45. The number of benzene rings is 1. The van der Waals surface area contributed by atoms with E-state index in [1.807, 2.05) is 25.1 Å². The van der Waals surface area contributed by atoms with Gasteiger partial charge in [0.05, 0.1) is 6.10 Å². The molecule has 1 atom stereocenters. The molecule has 0 radical (unpaired) electrons. The fraction of sp³-hybridized carbons (Fsp3) is 0.533. The van der Waals surface area contributed by atoms with Crippen molar-refractivity contribution in [2.24, 2.45) is 0 Å². The van der Waals surface area contributed by atoms with Crippen LogP contribution in [-0.4, -0.2) is 11.9 Å². The fourth-order valence-electron chi connectivity index (χ4n) is 2.40. The zero-order chi connectivity index (χ0) is 13.1. The second kappa shape index (κ2) is 5.85. The van der Waals surface area contributed by atoms with Gasteiger partial charge >= 0.3 is 0 Å².